The SMILES string of the molecule is CCC(NC(=O)C(CC)(CC)CN)c1ccc(Br)cc1. The van der Waals surface area contributed by atoms with Gasteiger partial charge < -0.3 is 11.1 Å². The normalized spacial score (nSPS) is 13.1. The number of carbonyl (C=O) groups is 1. The molecule has 0 radical (unpaired) electrons. The number of amides is 1. The van der Waals surface area contributed by atoms with Crippen molar-refractivity contribution in [2.45, 2.75) is 46.1 Å². The van der Waals surface area contributed by atoms with E-state index in [9.17, 15) is 4.79 Å². The molecule has 0 aliphatic heterocycles. The number of rotatable bonds is 7. The molecule has 4 heteroatoms. The Morgan fingerprint density at radius 2 is 1.80 bits per heavy atom. The van der Waals surface area contributed by atoms with Gasteiger partial charge in [0, 0.05) is 11.0 Å². The van der Waals surface area contributed by atoms with E-state index in [-0.39, 0.29) is 11.9 Å². The van der Waals surface area contributed by atoms with Gasteiger partial charge in [-0.2, -0.15) is 0 Å². The lowest BCUT2D eigenvalue weighted by Crippen LogP contribution is -2.46. The number of carbonyl (C=O) groups excluding carboxylic acids is 1. The van der Waals surface area contributed by atoms with Crippen LogP contribution in [-0.4, -0.2) is 12.5 Å². The van der Waals surface area contributed by atoms with Crippen molar-refractivity contribution in [1.29, 1.82) is 0 Å². The van der Waals surface area contributed by atoms with Gasteiger partial charge in [-0.1, -0.05) is 48.8 Å². The standard InChI is InChI=1S/C16H25BrN2O/c1-4-14(12-7-9-13(17)10-8-12)19-15(20)16(5-2,6-3)11-18/h7-10,14H,4-6,11,18H2,1-3H3,(H,19,20). The van der Waals surface area contributed by atoms with Crippen LogP contribution < -0.4 is 11.1 Å². The number of hydrogen-bond acceptors (Lipinski definition) is 2. The van der Waals surface area contributed by atoms with E-state index in [1.807, 2.05) is 38.1 Å². The molecule has 1 aromatic rings. The van der Waals surface area contributed by atoms with Crippen LogP contribution in [0.5, 0.6) is 0 Å². The summed E-state index contributed by atoms with van der Waals surface area (Å²) in [4.78, 5) is 12.6. The Labute approximate surface area is 130 Å². The van der Waals surface area contributed by atoms with Crippen molar-refractivity contribution >= 4 is 21.8 Å². The highest BCUT2D eigenvalue weighted by molar-refractivity contribution is 9.10. The van der Waals surface area contributed by atoms with Crippen molar-refractivity contribution in [3.63, 3.8) is 0 Å². The van der Waals surface area contributed by atoms with Gasteiger partial charge in [-0.3, -0.25) is 4.79 Å². The Hall–Kier alpha value is -0.870. The highest BCUT2D eigenvalue weighted by Crippen LogP contribution is 2.27. The van der Waals surface area contributed by atoms with Crippen molar-refractivity contribution in [2.24, 2.45) is 11.1 Å². The van der Waals surface area contributed by atoms with Crippen LogP contribution in [-0.2, 0) is 4.79 Å². The summed E-state index contributed by atoms with van der Waals surface area (Å²) in [5.74, 6) is 0.0692. The summed E-state index contributed by atoms with van der Waals surface area (Å²) >= 11 is 3.43. The first kappa shape index (κ1) is 17.2. The topological polar surface area (TPSA) is 55.1 Å². The average molecular weight is 341 g/mol. The quantitative estimate of drug-likeness (QED) is 0.793. The molecule has 0 heterocycles. The molecule has 1 unspecified atom stereocenters. The fraction of sp³-hybridized carbons (Fsp3) is 0.562. The first-order valence-electron chi connectivity index (χ1n) is 7.29. The van der Waals surface area contributed by atoms with Crippen molar-refractivity contribution in [2.75, 3.05) is 6.54 Å². The molecular weight excluding hydrogens is 316 g/mol. The van der Waals surface area contributed by atoms with E-state index in [1.165, 1.54) is 0 Å². The Bertz CT molecular complexity index is 418. The Balaban J connectivity index is 2.87. The minimum Gasteiger partial charge on any atom is -0.349 e. The molecule has 0 spiro atoms. The van der Waals surface area contributed by atoms with Crippen molar-refractivity contribution in [3.8, 4) is 0 Å². The van der Waals surface area contributed by atoms with Crippen LogP contribution in [0, 0.1) is 5.41 Å². The summed E-state index contributed by atoms with van der Waals surface area (Å²) in [6.45, 7) is 6.52. The molecule has 0 fully saturated rings. The maximum atomic E-state index is 12.6. The number of hydrogen-bond donors (Lipinski definition) is 2. The zero-order valence-electron chi connectivity index (χ0n) is 12.6. The predicted molar refractivity (Wildman–Crippen MR) is 87.4 cm³/mol. The molecule has 0 aromatic heterocycles. The van der Waals surface area contributed by atoms with E-state index in [4.69, 9.17) is 5.73 Å². The van der Waals surface area contributed by atoms with E-state index in [2.05, 4.69) is 28.2 Å². The lowest BCUT2D eigenvalue weighted by molar-refractivity contribution is -0.131. The molecule has 3 N–H and O–H groups in total. The van der Waals surface area contributed by atoms with Crippen LogP contribution in [0.3, 0.4) is 0 Å². The summed E-state index contributed by atoms with van der Waals surface area (Å²) in [6, 6.07) is 8.13. The Morgan fingerprint density at radius 1 is 1.25 bits per heavy atom. The van der Waals surface area contributed by atoms with Crippen LogP contribution in [0.15, 0.2) is 28.7 Å². The van der Waals surface area contributed by atoms with Gasteiger partial charge in [-0.05, 0) is 37.0 Å². The second kappa shape index (κ2) is 7.79. The zero-order chi connectivity index (χ0) is 15.2. The van der Waals surface area contributed by atoms with Gasteiger partial charge in [0.05, 0.1) is 11.5 Å². The summed E-state index contributed by atoms with van der Waals surface area (Å²) in [7, 11) is 0. The van der Waals surface area contributed by atoms with Crippen molar-refractivity contribution in [3.05, 3.63) is 34.3 Å². The molecule has 0 aliphatic carbocycles. The van der Waals surface area contributed by atoms with Crippen molar-refractivity contribution in [1.82, 2.24) is 5.32 Å². The van der Waals surface area contributed by atoms with Gasteiger partial charge in [0.15, 0.2) is 0 Å². The van der Waals surface area contributed by atoms with Gasteiger partial charge in [0.2, 0.25) is 5.91 Å². The predicted octanol–water partition coefficient (Wildman–Crippen LogP) is 3.78. The van der Waals surface area contributed by atoms with Gasteiger partial charge in [0.1, 0.15) is 0 Å². The molecule has 1 aromatic carbocycles. The smallest absolute Gasteiger partial charge is 0.227 e. The number of halogens is 1. The second-order valence-corrected chi connectivity index (χ2v) is 6.09. The molecule has 1 rings (SSSR count). The molecule has 20 heavy (non-hydrogen) atoms. The molecular formula is C16H25BrN2O. The summed E-state index contributed by atoms with van der Waals surface area (Å²) in [6.07, 6.45) is 2.40. The van der Waals surface area contributed by atoms with E-state index in [1.54, 1.807) is 0 Å². The summed E-state index contributed by atoms with van der Waals surface area (Å²) < 4.78 is 1.04. The molecule has 0 saturated heterocycles. The Morgan fingerprint density at radius 3 is 2.20 bits per heavy atom. The molecule has 0 aliphatic rings. The van der Waals surface area contributed by atoms with Crippen LogP contribution in [0.2, 0.25) is 0 Å². The minimum atomic E-state index is -0.442. The first-order valence-corrected chi connectivity index (χ1v) is 8.08. The van der Waals surface area contributed by atoms with Crippen LogP contribution >= 0.6 is 15.9 Å². The van der Waals surface area contributed by atoms with E-state index < -0.39 is 5.41 Å². The second-order valence-electron chi connectivity index (χ2n) is 5.18. The lowest BCUT2D eigenvalue weighted by atomic mass is 9.81. The Kier molecular flexibility index (Phi) is 6.69. The molecule has 0 bridgehead atoms. The lowest BCUT2D eigenvalue weighted by Gasteiger charge is -2.31. The van der Waals surface area contributed by atoms with Gasteiger partial charge in [-0.25, -0.2) is 0 Å². The molecule has 1 atom stereocenters. The fourth-order valence-electron chi connectivity index (χ4n) is 2.38. The largest absolute Gasteiger partial charge is 0.349 e. The maximum absolute atomic E-state index is 12.6. The van der Waals surface area contributed by atoms with Crippen LogP contribution in [0.25, 0.3) is 0 Å². The average Bonchev–Trinajstić information content (AvgIpc) is 2.48. The van der Waals surface area contributed by atoms with Gasteiger partial charge in [0.25, 0.3) is 0 Å². The first-order chi connectivity index (χ1) is 9.52. The van der Waals surface area contributed by atoms with Gasteiger partial charge in [-0.15, -0.1) is 0 Å². The highest BCUT2D eigenvalue weighted by atomic mass is 79.9. The monoisotopic (exact) mass is 340 g/mol. The molecule has 3 nitrogen and oxygen atoms in total. The minimum absolute atomic E-state index is 0.0413. The number of nitrogens with two attached hydrogens (primary N) is 1. The van der Waals surface area contributed by atoms with Crippen LogP contribution in [0.1, 0.15) is 51.6 Å². The number of benzene rings is 1. The number of nitrogens with one attached hydrogen (secondary N) is 1. The van der Waals surface area contributed by atoms with E-state index in [0.29, 0.717) is 6.54 Å². The third kappa shape index (κ3) is 3.83. The van der Waals surface area contributed by atoms with Crippen LogP contribution in [0.4, 0.5) is 0 Å². The fourth-order valence-corrected chi connectivity index (χ4v) is 2.64. The molecule has 1 amide bonds. The van der Waals surface area contributed by atoms with E-state index in [0.717, 1.165) is 29.3 Å². The van der Waals surface area contributed by atoms with E-state index >= 15 is 0 Å². The molecule has 0 saturated carbocycles. The third-order valence-electron chi connectivity index (χ3n) is 4.21. The summed E-state index contributed by atoms with van der Waals surface area (Å²) in [5.41, 5.74) is 6.52. The molecule has 112 valence electrons. The zero-order valence-corrected chi connectivity index (χ0v) is 14.2. The van der Waals surface area contributed by atoms with Gasteiger partial charge >= 0.3 is 0 Å². The maximum Gasteiger partial charge on any atom is 0.227 e. The highest BCUT2D eigenvalue weighted by Gasteiger charge is 2.34. The third-order valence-corrected chi connectivity index (χ3v) is 4.74. The van der Waals surface area contributed by atoms with Crippen molar-refractivity contribution < 1.29 is 4.79 Å². The summed E-state index contributed by atoms with van der Waals surface area (Å²) in [5, 5.41) is 3.16.